The Morgan fingerprint density at radius 1 is 1.19 bits per heavy atom. The molecule has 4 heterocycles. The zero-order chi connectivity index (χ0) is 24.7. The molecule has 2 aromatic carbocycles. The zero-order valence-corrected chi connectivity index (χ0v) is 20.5. The Morgan fingerprint density at radius 3 is 2.78 bits per heavy atom. The van der Waals surface area contributed by atoms with E-state index in [2.05, 4.69) is 27.2 Å². The maximum Gasteiger partial charge on any atom is 0.172 e. The fourth-order valence-corrected chi connectivity index (χ4v) is 5.53. The molecule has 3 aromatic rings. The van der Waals surface area contributed by atoms with Crippen molar-refractivity contribution >= 4 is 11.9 Å². The molecule has 7 nitrogen and oxygen atoms in total. The first-order valence-corrected chi connectivity index (χ1v) is 12.2. The number of methoxy groups -OCH3 is 1. The number of piperidine rings is 1. The molecule has 2 atom stereocenters. The summed E-state index contributed by atoms with van der Waals surface area (Å²) in [6.45, 7) is 4.69. The summed E-state index contributed by atoms with van der Waals surface area (Å²) in [5.41, 5.74) is 5.03. The monoisotopic (exact) mass is 488 g/mol. The third kappa shape index (κ3) is 4.15. The standard InChI is InChI=1S/C28H29FN4O3/c1-19-14-32(18-30-19)24-8-3-20(12-26(24)34-2)11-22-13-28(9-10-35-17-28)16-33-25(15-36-31-27(22)33)21-4-6-23(29)7-5-21/h3-8,11-12,14,18,25H,9-10,13,15-17H2,1-2H3/b22-11+. The van der Waals surface area contributed by atoms with E-state index < -0.39 is 0 Å². The molecule has 3 aliphatic heterocycles. The second-order valence-electron chi connectivity index (χ2n) is 9.91. The van der Waals surface area contributed by atoms with Crippen LogP contribution in [0, 0.1) is 18.2 Å². The van der Waals surface area contributed by atoms with Crippen LogP contribution in [0.5, 0.6) is 5.75 Å². The number of nitrogens with zero attached hydrogens (tertiary/aromatic N) is 4. The Balaban J connectivity index is 1.38. The van der Waals surface area contributed by atoms with Crippen LogP contribution in [0.2, 0.25) is 0 Å². The Labute approximate surface area is 209 Å². The lowest BCUT2D eigenvalue weighted by Crippen LogP contribution is -2.52. The topological polar surface area (TPSA) is 61.1 Å². The van der Waals surface area contributed by atoms with Crippen LogP contribution in [-0.4, -0.2) is 53.8 Å². The van der Waals surface area contributed by atoms with Gasteiger partial charge in [-0.1, -0.05) is 23.4 Å². The predicted octanol–water partition coefficient (Wildman–Crippen LogP) is 4.91. The summed E-state index contributed by atoms with van der Waals surface area (Å²) < 4.78 is 27.2. The maximum absolute atomic E-state index is 13.6. The van der Waals surface area contributed by atoms with Gasteiger partial charge in [-0.2, -0.15) is 0 Å². The zero-order valence-electron chi connectivity index (χ0n) is 20.5. The van der Waals surface area contributed by atoms with Gasteiger partial charge < -0.3 is 23.8 Å². The number of amidine groups is 1. The molecule has 1 aromatic heterocycles. The lowest BCUT2D eigenvalue weighted by Gasteiger charge is -2.47. The van der Waals surface area contributed by atoms with Gasteiger partial charge in [-0.15, -0.1) is 0 Å². The molecule has 1 spiro atoms. The average molecular weight is 489 g/mol. The molecule has 0 bridgehead atoms. The summed E-state index contributed by atoms with van der Waals surface area (Å²) in [6, 6.07) is 12.8. The normalized spacial score (nSPS) is 24.5. The van der Waals surface area contributed by atoms with Gasteiger partial charge in [0.2, 0.25) is 0 Å². The van der Waals surface area contributed by atoms with E-state index in [-0.39, 0.29) is 17.3 Å². The van der Waals surface area contributed by atoms with Gasteiger partial charge in [0.15, 0.2) is 5.84 Å². The molecule has 6 rings (SSSR count). The first-order chi connectivity index (χ1) is 17.5. The minimum atomic E-state index is -0.243. The summed E-state index contributed by atoms with van der Waals surface area (Å²) in [5.74, 6) is 1.35. The second-order valence-corrected chi connectivity index (χ2v) is 9.91. The van der Waals surface area contributed by atoms with Gasteiger partial charge in [-0.05, 0) is 66.8 Å². The largest absolute Gasteiger partial charge is 0.495 e. The van der Waals surface area contributed by atoms with Crippen LogP contribution >= 0.6 is 0 Å². The fraction of sp³-hybridized carbons (Fsp3) is 0.357. The molecule has 0 aliphatic carbocycles. The smallest absolute Gasteiger partial charge is 0.172 e. The Hall–Kier alpha value is -3.65. The number of hydrogen-bond acceptors (Lipinski definition) is 6. The summed E-state index contributed by atoms with van der Waals surface area (Å²) in [5, 5.41) is 4.50. The molecule has 8 heteroatoms. The molecule has 186 valence electrons. The Bertz CT molecular complexity index is 1320. The highest BCUT2D eigenvalue weighted by molar-refractivity contribution is 6.03. The minimum absolute atomic E-state index is 0.0127. The van der Waals surface area contributed by atoms with Crippen molar-refractivity contribution in [1.29, 1.82) is 0 Å². The van der Waals surface area contributed by atoms with Crippen LogP contribution in [0.3, 0.4) is 0 Å². The number of imidazole rings is 1. The van der Waals surface area contributed by atoms with Gasteiger partial charge in [0, 0.05) is 24.8 Å². The number of aromatic nitrogens is 2. The number of fused-ring (bicyclic) bond motifs is 1. The average Bonchev–Trinajstić information content (AvgIpc) is 3.53. The molecule has 2 fully saturated rings. The van der Waals surface area contributed by atoms with E-state index in [0.29, 0.717) is 13.2 Å². The summed E-state index contributed by atoms with van der Waals surface area (Å²) in [6.07, 6.45) is 7.79. The minimum Gasteiger partial charge on any atom is -0.495 e. The molecular weight excluding hydrogens is 459 g/mol. The highest BCUT2D eigenvalue weighted by Gasteiger charge is 2.46. The van der Waals surface area contributed by atoms with Gasteiger partial charge in [0.1, 0.15) is 18.2 Å². The quantitative estimate of drug-likeness (QED) is 0.522. The number of aryl methyl sites for hydroxylation is 1. The van der Waals surface area contributed by atoms with Gasteiger partial charge in [0.25, 0.3) is 0 Å². The predicted molar refractivity (Wildman–Crippen MR) is 135 cm³/mol. The summed E-state index contributed by atoms with van der Waals surface area (Å²) in [7, 11) is 1.68. The number of ether oxygens (including phenoxy) is 2. The van der Waals surface area contributed by atoms with E-state index in [1.165, 1.54) is 12.1 Å². The van der Waals surface area contributed by atoms with Gasteiger partial charge in [0.05, 0.1) is 37.5 Å². The van der Waals surface area contributed by atoms with Crippen molar-refractivity contribution in [2.45, 2.75) is 25.8 Å². The number of benzene rings is 2. The van der Waals surface area contributed by atoms with E-state index in [0.717, 1.165) is 65.7 Å². The molecule has 0 saturated carbocycles. The van der Waals surface area contributed by atoms with Crippen LogP contribution in [-0.2, 0) is 9.57 Å². The molecule has 2 saturated heterocycles. The molecule has 36 heavy (non-hydrogen) atoms. The highest BCUT2D eigenvalue weighted by atomic mass is 19.1. The van der Waals surface area contributed by atoms with E-state index >= 15 is 0 Å². The van der Waals surface area contributed by atoms with Crippen molar-refractivity contribution in [1.82, 2.24) is 14.5 Å². The fourth-order valence-electron chi connectivity index (χ4n) is 5.53. The van der Waals surface area contributed by atoms with Crippen molar-refractivity contribution < 1.29 is 18.7 Å². The number of hydrogen-bond donors (Lipinski definition) is 0. The van der Waals surface area contributed by atoms with Crippen molar-refractivity contribution in [2.75, 3.05) is 33.5 Å². The van der Waals surface area contributed by atoms with Crippen molar-refractivity contribution in [2.24, 2.45) is 10.6 Å². The van der Waals surface area contributed by atoms with Crippen LogP contribution in [0.25, 0.3) is 11.8 Å². The molecule has 3 aliphatic rings. The molecule has 0 N–H and O–H groups in total. The summed E-state index contributed by atoms with van der Waals surface area (Å²) in [4.78, 5) is 12.4. The third-order valence-corrected chi connectivity index (χ3v) is 7.36. The van der Waals surface area contributed by atoms with E-state index in [1.807, 2.05) is 42.0 Å². The summed E-state index contributed by atoms with van der Waals surface area (Å²) >= 11 is 0. The number of rotatable bonds is 4. The molecule has 0 radical (unpaired) electrons. The van der Waals surface area contributed by atoms with Crippen LogP contribution in [0.1, 0.15) is 35.7 Å². The first-order valence-electron chi connectivity index (χ1n) is 12.2. The lowest BCUT2D eigenvalue weighted by atomic mass is 9.75. The van der Waals surface area contributed by atoms with Crippen molar-refractivity contribution in [3.63, 3.8) is 0 Å². The first kappa shape index (κ1) is 22.8. The van der Waals surface area contributed by atoms with Crippen molar-refractivity contribution in [3.8, 4) is 11.4 Å². The van der Waals surface area contributed by atoms with Crippen LogP contribution < -0.4 is 4.74 Å². The van der Waals surface area contributed by atoms with E-state index in [4.69, 9.17) is 14.3 Å². The molecular formula is C28H29FN4O3. The number of oxime groups is 1. The SMILES string of the molecule is COc1cc(/C=C2\CC3(CCOC3)CN3C2=NOCC3c2ccc(F)cc2)ccc1-n1cnc(C)c1. The van der Waals surface area contributed by atoms with Gasteiger partial charge >= 0.3 is 0 Å². The highest BCUT2D eigenvalue weighted by Crippen LogP contribution is 2.45. The lowest BCUT2D eigenvalue weighted by molar-refractivity contribution is 0.0304. The maximum atomic E-state index is 13.6. The Morgan fingerprint density at radius 2 is 2.06 bits per heavy atom. The van der Waals surface area contributed by atoms with Crippen molar-refractivity contribution in [3.05, 3.63) is 83.2 Å². The molecule has 0 amide bonds. The number of halogens is 1. The second kappa shape index (κ2) is 9.09. The van der Waals surface area contributed by atoms with E-state index in [9.17, 15) is 4.39 Å². The van der Waals surface area contributed by atoms with Gasteiger partial charge in [-0.25, -0.2) is 9.37 Å². The third-order valence-electron chi connectivity index (χ3n) is 7.36. The van der Waals surface area contributed by atoms with Crippen LogP contribution in [0.4, 0.5) is 4.39 Å². The van der Waals surface area contributed by atoms with Crippen LogP contribution in [0.15, 0.2) is 65.7 Å². The Kier molecular flexibility index (Phi) is 5.76. The molecule has 2 unspecified atom stereocenters. The van der Waals surface area contributed by atoms with Gasteiger partial charge in [-0.3, -0.25) is 0 Å². The van der Waals surface area contributed by atoms with E-state index in [1.54, 1.807) is 13.4 Å².